The van der Waals surface area contributed by atoms with E-state index in [0.29, 0.717) is 30.7 Å². The monoisotopic (exact) mass is 874 g/mol. The van der Waals surface area contributed by atoms with Crippen LogP contribution in [-0.4, -0.2) is 31.3 Å². The highest BCUT2D eigenvalue weighted by atomic mass is 35.5. The number of aromatic amines is 1. The third kappa shape index (κ3) is 12.1. The summed E-state index contributed by atoms with van der Waals surface area (Å²) < 4.78 is 18.3. The van der Waals surface area contributed by atoms with E-state index in [1.165, 1.54) is 6.07 Å². The van der Waals surface area contributed by atoms with Crippen LogP contribution in [-0.2, 0) is 22.3 Å². The van der Waals surface area contributed by atoms with Gasteiger partial charge in [-0.1, -0.05) is 94.9 Å². The third-order valence-corrected chi connectivity index (χ3v) is 11.3. The van der Waals surface area contributed by atoms with Gasteiger partial charge in [0.2, 0.25) is 0 Å². The normalized spacial score (nSPS) is 10.6. The number of carbonyl (C=O) groups is 2. The maximum atomic E-state index is 12.6. The van der Waals surface area contributed by atoms with E-state index >= 15 is 0 Å². The molecule has 0 fully saturated rings. The molecule has 0 saturated heterocycles. The van der Waals surface area contributed by atoms with Crippen molar-refractivity contribution >= 4 is 87.6 Å². The Morgan fingerprint density at radius 1 is 0.702 bits per heavy atom. The van der Waals surface area contributed by atoms with Gasteiger partial charge in [-0.3, -0.25) is 39.1 Å². The van der Waals surface area contributed by atoms with Crippen molar-refractivity contribution in [3.05, 3.63) is 184 Å². The molecule has 6 rings (SSSR count). The highest BCUT2D eigenvalue weighted by Crippen LogP contribution is 2.42. The Hall–Kier alpha value is -5.71. The maximum absolute atomic E-state index is 12.6. The summed E-state index contributed by atoms with van der Waals surface area (Å²) in [6.07, 6.45) is 2.22. The minimum atomic E-state index is -3.13. The van der Waals surface area contributed by atoms with Crippen LogP contribution in [0.2, 0.25) is 20.1 Å². The van der Waals surface area contributed by atoms with Crippen LogP contribution in [0.25, 0.3) is 0 Å². The van der Waals surface area contributed by atoms with Gasteiger partial charge in [0.1, 0.15) is 17.6 Å². The Labute approximate surface area is 344 Å². The summed E-state index contributed by atoms with van der Waals surface area (Å²) in [6, 6.07) is 30.2. The quantitative estimate of drug-likeness (QED) is 0.0376. The van der Waals surface area contributed by atoms with Crippen molar-refractivity contribution in [2.75, 3.05) is 5.84 Å². The number of rotatable bonds is 11. The number of halogens is 4. The first kappa shape index (κ1) is 44.0. The molecule has 7 N–H and O–H groups in total. The van der Waals surface area contributed by atoms with Gasteiger partial charge >= 0.3 is 0 Å². The topological polar surface area (TPSA) is 244 Å². The number of nitrogen functional groups attached to an aromatic ring is 1. The Balaban J connectivity index is 0.000000191. The SMILES string of the molecule is NOP(=O)(c1ccccc1)c1ccccc1.Nn1cc([N+](=O)[O-])cc1C(=O)NCc1ccc(Cl)c(Cl)c1.O=C(NCc1ccc(Cl)c(Cl)c1)c1cc([N+](=O)[O-])c[nH]1. The molecule has 0 saturated carbocycles. The Morgan fingerprint density at radius 2 is 1.18 bits per heavy atom. The predicted molar refractivity (Wildman–Crippen MR) is 219 cm³/mol. The smallest absolute Gasteiger partial charge is 0.289 e. The Kier molecular flexibility index (Phi) is 15.8. The van der Waals surface area contributed by atoms with Gasteiger partial charge in [-0.15, -0.1) is 0 Å². The average Bonchev–Trinajstić information content (AvgIpc) is 3.88. The zero-order valence-electron chi connectivity index (χ0n) is 29.2. The van der Waals surface area contributed by atoms with E-state index in [2.05, 4.69) is 15.6 Å². The van der Waals surface area contributed by atoms with Gasteiger partial charge in [0.05, 0.1) is 36.1 Å². The van der Waals surface area contributed by atoms with Crippen molar-refractivity contribution in [2.45, 2.75) is 13.1 Å². The van der Waals surface area contributed by atoms with Gasteiger partial charge < -0.3 is 21.5 Å². The second-order valence-electron chi connectivity index (χ2n) is 11.5. The highest BCUT2D eigenvalue weighted by molar-refractivity contribution is 7.74. The van der Waals surface area contributed by atoms with Crippen molar-refractivity contribution in [3.8, 4) is 0 Å². The van der Waals surface area contributed by atoms with Gasteiger partial charge in [-0.2, -0.15) is 0 Å². The molecule has 0 aliphatic heterocycles. The van der Waals surface area contributed by atoms with Crippen molar-refractivity contribution in [1.29, 1.82) is 0 Å². The lowest BCUT2D eigenvalue weighted by Crippen LogP contribution is -2.27. The van der Waals surface area contributed by atoms with Crippen molar-refractivity contribution in [2.24, 2.45) is 5.90 Å². The standard InChI is InChI=1S/C12H10Cl2N4O3.C12H9Cl2N3O3.C12H12NO2P/c13-9-2-1-7(3-10(9)14)5-16-12(19)11-4-8(18(20)21)6-17(11)15;13-9-2-1-7(3-10(9)14)5-16-12(18)11-4-8(6-15-11)17(19)20;13-15-16(14,11-7-3-1-4-8-11)12-9-5-2-6-10-12/h1-4,6H,5,15H2,(H,16,19);1-4,6,15H,5H2,(H,16,18);1-10H,13H2. The molecule has 0 unspecified atom stereocenters. The van der Waals surface area contributed by atoms with E-state index in [1.807, 2.05) is 36.4 Å². The first-order valence-corrected chi connectivity index (χ1v) is 19.2. The zero-order chi connectivity index (χ0) is 41.7. The number of amides is 2. The summed E-state index contributed by atoms with van der Waals surface area (Å²) in [6.45, 7) is 0.428. The van der Waals surface area contributed by atoms with Gasteiger partial charge in [0, 0.05) is 35.8 Å². The summed E-state index contributed by atoms with van der Waals surface area (Å²) in [5.41, 5.74) is 1.21. The summed E-state index contributed by atoms with van der Waals surface area (Å²) in [5, 5.41) is 29.2. The molecule has 2 amide bonds. The van der Waals surface area contributed by atoms with Crippen LogP contribution in [0.3, 0.4) is 0 Å². The first-order valence-electron chi connectivity index (χ1n) is 16.1. The van der Waals surface area contributed by atoms with Crippen LogP contribution >= 0.6 is 53.8 Å². The maximum Gasteiger partial charge on any atom is 0.289 e. The molecular weight excluding hydrogens is 845 g/mol. The number of benzene rings is 4. The highest BCUT2D eigenvalue weighted by Gasteiger charge is 2.27. The number of hydrogen-bond donors (Lipinski definition) is 5. The zero-order valence-corrected chi connectivity index (χ0v) is 33.1. The minimum absolute atomic E-state index is 0.0123. The van der Waals surface area contributed by atoms with E-state index < -0.39 is 29.0 Å². The fourth-order valence-electron chi connectivity index (χ4n) is 4.73. The summed E-state index contributed by atoms with van der Waals surface area (Å²) in [4.78, 5) is 46.2. The van der Waals surface area contributed by atoms with Crippen LogP contribution in [0.5, 0.6) is 0 Å². The molecule has 296 valence electrons. The number of nitro groups is 2. The molecule has 4 aromatic carbocycles. The van der Waals surface area contributed by atoms with E-state index in [1.54, 1.807) is 60.7 Å². The fraction of sp³-hybridized carbons (Fsp3) is 0.0556. The second-order valence-corrected chi connectivity index (χ2v) is 15.4. The van der Waals surface area contributed by atoms with Crippen LogP contribution < -0.4 is 33.0 Å². The Morgan fingerprint density at radius 3 is 1.58 bits per heavy atom. The average molecular weight is 876 g/mol. The number of nitrogens with one attached hydrogen (secondary N) is 3. The van der Waals surface area contributed by atoms with Gasteiger partial charge in [-0.25, -0.2) is 10.5 Å². The fourth-order valence-corrected chi connectivity index (χ4v) is 7.05. The van der Waals surface area contributed by atoms with E-state index in [0.717, 1.165) is 34.3 Å². The molecule has 0 aliphatic rings. The van der Waals surface area contributed by atoms with Gasteiger partial charge in [0.15, 0.2) is 0 Å². The Bertz CT molecular complexity index is 2370. The van der Waals surface area contributed by atoms with E-state index in [-0.39, 0.29) is 35.9 Å². The molecule has 0 spiro atoms. The number of nitrogens with zero attached hydrogens (tertiary/aromatic N) is 3. The molecule has 21 heteroatoms. The molecular formula is C36H31Cl4N8O8P. The lowest BCUT2D eigenvalue weighted by atomic mass is 10.2. The first-order chi connectivity index (χ1) is 27.1. The lowest BCUT2D eigenvalue weighted by Gasteiger charge is -2.15. The number of H-pyrrole nitrogens is 1. The summed E-state index contributed by atoms with van der Waals surface area (Å²) in [7, 11) is -3.13. The molecule has 2 aromatic heterocycles. The van der Waals surface area contributed by atoms with Crippen LogP contribution in [0.1, 0.15) is 32.1 Å². The van der Waals surface area contributed by atoms with Crippen LogP contribution in [0, 0.1) is 20.2 Å². The minimum Gasteiger partial charge on any atom is -0.351 e. The largest absolute Gasteiger partial charge is 0.351 e. The van der Waals surface area contributed by atoms with Crippen LogP contribution in [0.15, 0.2) is 122 Å². The van der Waals surface area contributed by atoms with E-state index in [9.17, 15) is 34.4 Å². The second kappa shape index (κ2) is 20.5. The number of nitrogens with two attached hydrogens (primary N) is 2. The molecule has 57 heavy (non-hydrogen) atoms. The molecule has 0 radical (unpaired) electrons. The molecule has 16 nitrogen and oxygen atoms in total. The summed E-state index contributed by atoms with van der Waals surface area (Å²) >= 11 is 23.3. The number of carbonyl (C=O) groups excluding carboxylic acids is 2. The van der Waals surface area contributed by atoms with Gasteiger partial charge in [0.25, 0.3) is 30.6 Å². The molecule has 0 atom stereocenters. The molecule has 6 aromatic rings. The molecule has 0 aliphatic carbocycles. The summed E-state index contributed by atoms with van der Waals surface area (Å²) in [5.74, 6) is 9.74. The molecule has 2 heterocycles. The predicted octanol–water partition coefficient (Wildman–Crippen LogP) is 7.31. The number of hydrogen-bond acceptors (Lipinski definition) is 10. The van der Waals surface area contributed by atoms with E-state index in [4.69, 9.17) is 62.8 Å². The van der Waals surface area contributed by atoms with Crippen molar-refractivity contribution in [1.82, 2.24) is 20.3 Å². The number of aromatic nitrogens is 2. The van der Waals surface area contributed by atoms with Gasteiger partial charge in [-0.05, 0) is 59.7 Å². The van der Waals surface area contributed by atoms with Crippen molar-refractivity contribution < 1.29 is 28.6 Å². The molecule has 0 bridgehead atoms. The van der Waals surface area contributed by atoms with Crippen molar-refractivity contribution in [3.63, 3.8) is 0 Å². The third-order valence-electron chi connectivity index (χ3n) is 7.62. The van der Waals surface area contributed by atoms with Crippen LogP contribution in [0.4, 0.5) is 11.4 Å². The lowest BCUT2D eigenvalue weighted by molar-refractivity contribution is -0.384.